The van der Waals surface area contributed by atoms with E-state index in [0.717, 1.165) is 49.7 Å². The number of aryl methyl sites for hydroxylation is 4. The summed E-state index contributed by atoms with van der Waals surface area (Å²) in [6.45, 7) is 8.19. The molecule has 1 amide bonds. The Morgan fingerprint density at radius 1 is 0.891 bits per heavy atom. The molecule has 2 atom stereocenters. The van der Waals surface area contributed by atoms with Crippen molar-refractivity contribution in [3.63, 3.8) is 0 Å². The number of hydrogen-bond acceptors (Lipinski definition) is 6. The Morgan fingerprint density at radius 3 is 2.22 bits per heavy atom. The zero-order valence-electron chi connectivity index (χ0n) is 27.3. The van der Waals surface area contributed by atoms with E-state index in [1.807, 2.05) is 62.4 Å². The molecule has 3 aromatic carbocycles. The van der Waals surface area contributed by atoms with Crippen LogP contribution >= 0.6 is 0 Å². The van der Waals surface area contributed by atoms with Gasteiger partial charge in [-0.2, -0.15) is 0 Å². The molecular formula is C38H44N4O4. The standard InChI is InChI=1S/C38H44N4O4/c1-5-7-12-28-18-20-30(21-19-28)25-42-33-17-10-9-16-32(33)38(39-24-34(42)43,31-15-11-14-29(23-31)13-8-6-2)35(36(44)45)46-37-40-26(3)22-27(4)41-37/h9-11,14-23,35,39H,5-8,12-13,24-25H2,1-4H3,(H,44,45). The van der Waals surface area contributed by atoms with Crippen molar-refractivity contribution in [1.29, 1.82) is 0 Å². The summed E-state index contributed by atoms with van der Waals surface area (Å²) >= 11 is 0. The molecule has 46 heavy (non-hydrogen) atoms. The van der Waals surface area contributed by atoms with Gasteiger partial charge in [-0.3, -0.25) is 10.1 Å². The maximum Gasteiger partial charge on any atom is 0.347 e. The molecule has 0 radical (unpaired) electrons. The molecule has 240 valence electrons. The monoisotopic (exact) mass is 620 g/mol. The number of ether oxygens (including phenoxy) is 1. The highest BCUT2D eigenvalue weighted by Crippen LogP contribution is 2.43. The van der Waals surface area contributed by atoms with Crippen LogP contribution in [0.5, 0.6) is 6.01 Å². The first-order chi connectivity index (χ1) is 22.2. The topological polar surface area (TPSA) is 105 Å². The average Bonchev–Trinajstić information content (AvgIpc) is 3.16. The molecular weight excluding hydrogens is 576 g/mol. The van der Waals surface area contributed by atoms with E-state index in [2.05, 4.69) is 59.5 Å². The molecule has 0 spiro atoms. The van der Waals surface area contributed by atoms with Gasteiger partial charge in [0.15, 0.2) is 0 Å². The second kappa shape index (κ2) is 14.7. The third-order valence-corrected chi connectivity index (χ3v) is 8.63. The van der Waals surface area contributed by atoms with Crippen LogP contribution < -0.4 is 15.0 Å². The molecule has 2 heterocycles. The minimum Gasteiger partial charge on any atom is -0.478 e. The summed E-state index contributed by atoms with van der Waals surface area (Å²) in [4.78, 5) is 38.0. The lowest BCUT2D eigenvalue weighted by molar-refractivity contribution is -0.149. The van der Waals surface area contributed by atoms with Gasteiger partial charge in [-0.25, -0.2) is 14.8 Å². The third kappa shape index (κ3) is 7.12. The first kappa shape index (κ1) is 32.8. The van der Waals surface area contributed by atoms with E-state index >= 15 is 0 Å². The molecule has 8 heteroatoms. The van der Waals surface area contributed by atoms with Crippen LogP contribution in [0.15, 0.2) is 78.9 Å². The van der Waals surface area contributed by atoms with Crippen molar-refractivity contribution in [2.45, 2.75) is 84.4 Å². The molecule has 4 aromatic rings. The number of nitrogens with zero attached hydrogens (tertiary/aromatic N) is 3. The Kier molecular flexibility index (Phi) is 10.5. The summed E-state index contributed by atoms with van der Waals surface area (Å²) in [6, 6.07) is 25.7. The molecule has 0 fully saturated rings. The number of carboxylic acid groups (broad SMARTS) is 1. The normalized spacial score (nSPS) is 16.9. The Morgan fingerprint density at radius 2 is 1.54 bits per heavy atom. The number of carbonyl (C=O) groups is 2. The Labute approximate surface area is 271 Å². The van der Waals surface area contributed by atoms with Crippen LogP contribution in [0.1, 0.15) is 78.7 Å². The second-order valence-corrected chi connectivity index (χ2v) is 12.2. The molecule has 1 aromatic heterocycles. The highest BCUT2D eigenvalue weighted by atomic mass is 16.5. The van der Waals surface area contributed by atoms with Gasteiger partial charge in [0.05, 0.1) is 13.1 Å². The number of nitrogens with one attached hydrogen (secondary N) is 1. The van der Waals surface area contributed by atoms with Crippen LogP contribution in [-0.4, -0.2) is 39.6 Å². The SMILES string of the molecule is CCCCc1ccc(CN2C(=O)CNC(c3cccc(CCCC)c3)(C(Oc3nc(C)cc(C)n3)C(=O)O)c3ccccc32)cc1. The fraction of sp³-hybridized carbons (Fsp3) is 0.368. The number of amides is 1. The number of carboxylic acids is 1. The summed E-state index contributed by atoms with van der Waals surface area (Å²) in [7, 11) is 0. The highest BCUT2D eigenvalue weighted by molar-refractivity contribution is 5.97. The van der Waals surface area contributed by atoms with Gasteiger partial charge in [0.1, 0.15) is 5.54 Å². The van der Waals surface area contributed by atoms with E-state index in [9.17, 15) is 14.7 Å². The minimum absolute atomic E-state index is 0.0266. The minimum atomic E-state index is -1.51. The summed E-state index contributed by atoms with van der Waals surface area (Å²) in [5.74, 6) is -1.37. The number of carbonyl (C=O) groups excluding carboxylic acids is 1. The van der Waals surface area contributed by atoms with Gasteiger partial charge in [-0.05, 0) is 73.9 Å². The summed E-state index contributed by atoms with van der Waals surface area (Å²) < 4.78 is 6.29. The van der Waals surface area contributed by atoms with Crippen LogP contribution in [0.4, 0.5) is 5.69 Å². The smallest absolute Gasteiger partial charge is 0.347 e. The number of rotatable bonds is 13. The number of hydrogen-bond donors (Lipinski definition) is 2. The van der Waals surface area contributed by atoms with Gasteiger partial charge in [-0.15, -0.1) is 0 Å². The van der Waals surface area contributed by atoms with Crippen molar-refractivity contribution in [3.05, 3.63) is 118 Å². The fourth-order valence-corrected chi connectivity index (χ4v) is 6.30. The van der Waals surface area contributed by atoms with Gasteiger partial charge in [-0.1, -0.05) is 93.4 Å². The average molecular weight is 621 g/mol. The molecule has 0 saturated heterocycles. The summed E-state index contributed by atoms with van der Waals surface area (Å²) in [6.07, 6.45) is 4.65. The van der Waals surface area contributed by atoms with Crippen LogP contribution in [0, 0.1) is 13.8 Å². The van der Waals surface area contributed by atoms with Gasteiger partial charge in [0, 0.05) is 22.6 Å². The first-order valence-corrected chi connectivity index (χ1v) is 16.3. The number of unbranched alkanes of at least 4 members (excludes halogenated alkanes) is 2. The first-order valence-electron chi connectivity index (χ1n) is 16.3. The zero-order chi connectivity index (χ0) is 32.7. The van der Waals surface area contributed by atoms with Crippen LogP contribution in [0.2, 0.25) is 0 Å². The molecule has 0 aliphatic carbocycles. The third-order valence-electron chi connectivity index (χ3n) is 8.63. The fourth-order valence-electron chi connectivity index (χ4n) is 6.30. The number of fused-ring (bicyclic) bond motifs is 1. The quantitative estimate of drug-likeness (QED) is 0.172. The molecule has 2 unspecified atom stereocenters. The summed E-state index contributed by atoms with van der Waals surface area (Å²) in [5, 5.41) is 14.3. The maximum atomic E-state index is 14.0. The van der Waals surface area contributed by atoms with Crippen LogP contribution in [0.25, 0.3) is 0 Å². The number of para-hydroxylation sites is 1. The lowest BCUT2D eigenvalue weighted by Gasteiger charge is -2.39. The van der Waals surface area contributed by atoms with Crippen molar-refractivity contribution in [2.24, 2.45) is 0 Å². The van der Waals surface area contributed by atoms with Crippen molar-refractivity contribution < 1.29 is 19.4 Å². The molecule has 1 aliphatic rings. The molecule has 0 saturated carbocycles. The van der Waals surface area contributed by atoms with Gasteiger partial charge < -0.3 is 14.7 Å². The van der Waals surface area contributed by atoms with E-state index < -0.39 is 17.6 Å². The lowest BCUT2D eigenvalue weighted by Crippen LogP contribution is -2.58. The van der Waals surface area contributed by atoms with Gasteiger partial charge in [0.2, 0.25) is 12.0 Å². The van der Waals surface area contributed by atoms with Crippen molar-refractivity contribution >= 4 is 17.6 Å². The predicted octanol–water partition coefficient (Wildman–Crippen LogP) is 6.69. The van der Waals surface area contributed by atoms with E-state index in [4.69, 9.17) is 4.74 Å². The number of anilines is 1. The van der Waals surface area contributed by atoms with Crippen LogP contribution in [0.3, 0.4) is 0 Å². The Hall–Kier alpha value is -4.56. The lowest BCUT2D eigenvalue weighted by atomic mass is 9.76. The number of benzene rings is 3. The van der Waals surface area contributed by atoms with E-state index in [-0.39, 0.29) is 18.5 Å². The number of aliphatic carboxylic acids is 1. The van der Waals surface area contributed by atoms with Crippen molar-refractivity contribution in [1.82, 2.24) is 15.3 Å². The second-order valence-electron chi connectivity index (χ2n) is 12.2. The van der Waals surface area contributed by atoms with Gasteiger partial charge >= 0.3 is 12.0 Å². The van der Waals surface area contributed by atoms with E-state index in [1.165, 1.54) is 5.56 Å². The van der Waals surface area contributed by atoms with E-state index in [1.54, 1.807) is 4.90 Å². The van der Waals surface area contributed by atoms with Gasteiger partial charge in [0.25, 0.3) is 0 Å². The molecule has 5 rings (SSSR count). The Balaban J connectivity index is 1.67. The van der Waals surface area contributed by atoms with Crippen molar-refractivity contribution in [2.75, 3.05) is 11.4 Å². The molecule has 0 bridgehead atoms. The van der Waals surface area contributed by atoms with E-state index in [0.29, 0.717) is 34.7 Å². The number of aromatic nitrogens is 2. The summed E-state index contributed by atoms with van der Waals surface area (Å²) in [5.41, 5.74) is 5.17. The van der Waals surface area contributed by atoms with Crippen LogP contribution in [-0.2, 0) is 34.5 Å². The zero-order valence-corrected chi connectivity index (χ0v) is 27.3. The molecule has 2 N–H and O–H groups in total. The maximum absolute atomic E-state index is 14.0. The Bertz CT molecular complexity index is 1650. The van der Waals surface area contributed by atoms with Crippen molar-refractivity contribution in [3.8, 4) is 6.01 Å². The largest absolute Gasteiger partial charge is 0.478 e. The highest BCUT2D eigenvalue weighted by Gasteiger charge is 2.52. The molecule has 1 aliphatic heterocycles. The molecule has 8 nitrogen and oxygen atoms in total. The predicted molar refractivity (Wildman–Crippen MR) is 180 cm³/mol.